The van der Waals surface area contributed by atoms with Gasteiger partial charge in [0.05, 0.1) is 11.7 Å². The molecular weight excluding hydrogens is 356 g/mol. The third kappa shape index (κ3) is 5.28. The van der Waals surface area contributed by atoms with Gasteiger partial charge in [-0.15, -0.1) is 0 Å². The van der Waals surface area contributed by atoms with Crippen molar-refractivity contribution in [3.05, 3.63) is 29.8 Å². The van der Waals surface area contributed by atoms with Crippen LogP contribution < -0.4 is 5.32 Å². The Balaban J connectivity index is 1.87. The highest BCUT2D eigenvalue weighted by molar-refractivity contribution is 7.89. The summed E-state index contributed by atoms with van der Waals surface area (Å²) < 4.78 is 25.2. The van der Waals surface area contributed by atoms with Gasteiger partial charge < -0.3 is 10.4 Å². The number of piperidine rings is 1. The summed E-state index contributed by atoms with van der Waals surface area (Å²) in [6.07, 6.45) is 1.46. The number of rotatable bonds is 7. The number of hydrogen-bond acceptors (Lipinski definition) is 4. The Kier molecular flexibility index (Phi) is 6.77. The van der Waals surface area contributed by atoms with Crippen molar-refractivity contribution in [2.24, 2.45) is 11.8 Å². The van der Waals surface area contributed by atoms with Gasteiger partial charge in [0.2, 0.25) is 15.9 Å². The number of carboxylic acids is 1. The van der Waals surface area contributed by atoms with Gasteiger partial charge in [-0.3, -0.25) is 9.59 Å². The summed E-state index contributed by atoms with van der Waals surface area (Å²) in [4.78, 5) is 23.3. The lowest BCUT2D eigenvalue weighted by atomic mass is 9.97. The van der Waals surface area contributed by atoms with E-state index in [1.807, 2.05) is 12.1 Å². The number of nitrogens with zero attached hydrogens (tertiary/aromatic N) is 1. The average Bonchev–Trinajstić information content (AvgIpc) is 2.63. The third-order valence-electron chi connectivity index (χ3n) is 4.77. The van der Waals surface area contributed by atoms with Gasteiger partial charge in [-0.1, -0.05) is 19.1 Å². The van der Waals surface area contributed by atoms with Crippen LogP contribution in [-0.4, -0.2) is 48.5 Å². The minimum atomic E-state index is -3.19. The van der Waals surface area contributed by atoms with E-state index >= 15 is 0 Å². The minimum Gasteiger partial charge on any atom is -0.481 e. The summed E-state index contributed by atoms with van der Waals surface area (Å²) in [5.74, 6) is -1.52. The van der Waals surface area contributed by atoms with Crippen LogP contribution in [0.15, 0.2) is 24.3 Å². The number of carboxylic acid groups (broad SMARTS) is 1. The molecule has 1 heterocycles. The lowest BCUT2D eigenvalue weighted by Crippen LogP contribution is -2.42. The monoisotopic (exact) mass is 382 g/mol. The number of carbonyl (C=O) groups is 2. The van der Waals surface area contributed by atoms with Crippen molar-refractivity contribution in [1.82, 2.24) is 4.31 Å². The second-order valence-electron chi connectivity index (χ2n) is 6.70. The van der Waals surface area contributed by atoms with E-state index < -0.39 is 21.9 Å². The number of sulfonamides is 1. The fraction of sp³-hybridized carbons (Fsp3) is 0.556. The molecule has 1 aliphatic heterocycles. The molecule has 1 amide bonds. The molecule has 0 saturated carbocycles. The molecule has 2 N–H and O–H groups in total. The Bertz CT molecular complexity index is 737. The molecule has 0 spiro atoms. The maximum Gasteiger partial charge on any atom is 0.306 e. The summed E-state index contributed by atoms with van der Waals surface area (Å²) in [7, 11) is -3.19. The van der Waals surface area contributed by atoms with Crippen LogP contribution in [0.2, 0.25) is 0 Å². The molecule has 0 bridgehead atoms. The van der Waals surface area contributed by atoms with Crippen LogP contribution in [0.1, 0.15) is 32.3 Å². The van der Waals surface area contributed by atoms with Gasteiger partial charge in [-0.2, -0.15) is 0 Å². The molecule has 1 fully saturated rings. The molecule has 1 aromatic rings. The van der Waals surface area contributed by atoms with Gasteiger partial charge in [-0.25, -0.2) is 12.7 Å². The topological polar surface area (TPSA) is 104 Å². The largest absolute Gasteiger partial charge is 0.481 e. The highest BCUT2D eigenvalue weighted by Gasteiger charge is 2.30. The summed E-state index contributed by atoms with van der Waals surface area (Å²) in [5.41, 5.74) is 1.56. The van der Waals surface area contributed by atoms with E-state index in [2.05, 4.69) is 5.32 Å². The van der Waals surface area contributed by atoms with Crippen molar-refractivity contribution in [2.75, 3.05) is 24.2 Å². The normalized spacial score (nSPS) is 17.6. The zero-order valence-electron chi connectivity index (χ0n) is 15.1. The minimum absolute atomic E-state index is 0.0801. The number of benzene rings is 1. The van der Waals surface area contributed by atoms with E-state index in [1.54, 1.807) is 26.0 Å². The molecule has 2 rings (SSSR count). The molecule has 144 valence electrons. The Morgan fingerprint density at radius 2 is 1.81 bits per heavy atom. The first-order valence-corrected chi connectivity index (χ1v) is 10.4. The Morgan fingerprint density at radius 1 is 1.23 bits per heavy atom. The van der Waals surface area contributed by atoms with Crippen molar-refractivity contribution in [2.45, 2.75) is 33.1 Å². The first kappa shape index (κ1) is 20.4. The first-order chi connectivity index (χ1) is 12.2. The van der Waals surface area contributed by atoms with Crippen LogP contribution in [0.5, 0.6) is 0 Å². The second kappa shape index (κ2) is 8.64. The number of amides is 1. The summed E-state index contributed by atoms with van der Waals surface area (Å²) in [6.45, 7) is 4.03. The smallest absolute Gasteiger partial charge is 0.306 e. The summed E-state index contributed by atoms with van der Waals surface area (Å²) in [6, 6.07) is 7.15. The van der Waals surface area contributed by atoms with Crippen LogP contribution in [0, 0.1) is 11.8 Å². The SMILES string of the molecule is CCS(=O)(=O)N1CCC(C(=O)Nc2ccc(CC(C)C(=O)O)cc2)CC1. The number of hydrogen-bond donors (Lipinski definition) is 2. The number of aliphatic carboxylic acids is 1. The van der Waals surface area contributed by atoms with Crippen LogP contribution >= 0.6 is 0 Å². The van der Waals surface area contributed by atoms with Gasteiger partial charge in [-0.05, 0) is 43.9 Å². The van der Waals surface area contributed by atoms with Gasteiger partial charge >= 0.3 is 5.97 Å². The van der Waals surface area contributed by atoms with E-state index in [9.17, 15) is 18.0 Å². The van der Waals surface area contributed by atoms with E-state index in [0.29, 0.717) is 38.0 Å². The first-order valence-electron chi connectivity index (χ1n) is 8.83. The highest BCUT2D eigenvalue weighted by Crippen LogP contribution is 2.22. The molecular formula is C18H26N2O5S. The van der Waals surface area contributed by atoms with Crippen molar-refractivity contribution >= 4 is 27.6 Å². The molecule has 1 unspecified atom stereocenters. The maximum atomic E-state index is 12.4. The Morgan fingerprint density at radius 3 is 2.31 bits per heavy atom. The van der Waals surface area contributed by atoms with Gasteiger partial charge in [0, 0.05) is 24.7 Å². The van der Waals surface area contributed by atoms with Gasteiger partial charge in [0.25, 0.3) is 0 Å². The fourth-order valence-corrected chi connectivity index (χ4v) is 4.12. The van der Waals surface area contributed by atoms with Gasteiger partial charge in [0.1, 0.15) is 0 Å². The number of carbonyl (C=O) groups excluding carboxylic acids is 1. The Hall–Kier alpha value is -1.93. The number of nitrogens with one attached hydrogen (secondary N) is 1. The molecule has 1 aromatic carbocycles. The zero-order chi connectivity index (χ0) is 19.3. The van der Waals surface area contributed by atoms with Crippen LogP contribution in [0.4, 0.5) is 5.69 Å². The standard InChI is InChI=1S/C18H26N2O5S/c1-3-26(24,25)20-10-8-15(9-11-20)17(21)19-16-6-4-14(5-7-16)12-13(2)18(22)23/h4-7,13,15H,3,8-12H2,1-2H3,(H,19,21)(H,22,23). The van der Waals surface area contributed by atoms with E-state index in [0.717, 1.165) is 5.56 Å². The lowest BCUT2D eigenvalue weighted by Gasteiger charge is -2.30. The second-order valence-corrected chi connectivity index (χ2v) is 8.96. The van der Waals surface area contributed by atoms with E-state index in [-0.39, 0.29) is 17.6 Å². The van der Waals surface area contributed by atoms with Crippen LogP contribution in [-0.2, 0) is 26.0 Å². The van der Waals surface area contributed by atoms with E-state index in [1.165, 1.54) is 4.31 Å². The third-order valence-corrected chi connectivity index (χ3v) is 6.65. The predicted octanol–water partition coefficient (Wildman–Crippen LogP) is 1.95. The summed E-state index contributed by atoms with van der Waals surface area (Å²) >= 11 is 0. The molecule has 26 heavy (non-hydrogen) atoms. The average molecular weight is 382 g/mol. The fourth-order valence-electron chi connectivity index (χ4n) is 2.99. The molecule has 7 nitrogen and oxygen atoms in total. The van der Waals surface area contributed by atoms with Crippen molar-refractivity contribution in [3.63, 3.8) is 0 Å². The Labute approximate surface area is 154 Å². The van der Waals surface area contributed by atoms with Crippen LogP contribution in [0.3, 0.4) is 0 Å². The van der Waals surface area contributed by atoms with Gasteiger partial charge in [0.15, 0.2) is 0 Å². The molecule has 0 radical (unpaired) electrons. The summed E-state index contributed by atoms with van der Waals surface area (Å²) in [5, 5.41) is 11.8. The van der Waals surface area contributed by atoms with Crippen molar-refractivity contribution in [3.8, 4) is 0 Å². The molecule has 8 heteroatoms. The lowest BCUT2D eigenvalue weighted by molar-refractivity contribution is -0.141. The number of anilines is 1. The van der Waals surface area contributed by atoms with Crippen molar-refractivity contribution < 1.29 is 23.1 Å². The molecule has 1 aliphatic rings. The zero-order valence-corrected chi connectivity index (χ0v) is 16.0. The molecule has 1 atom stereocenters. The quantitative estimate of drug-likeness (QED) is 0.750. The van der Waals surface area contributed by atoms with Crippen molar-refractivity contribution in [1.29, 1.82) is 0 Å². The molecule has 0 aromatic heterocycles. The highest BCUT2D eigenvalue weighted by atomic mass is 32.2. The molecule has 0 aliphatic carbocycles. The molecule has 1 saturated heterocycles. The maximum absolute atomic E-state index is 12.4. The predicted molar refractivity (Wildman–Crippen MR) is 99.3 cm³/mol. The van der Waals surface area contributed by atoms with E-state index in [4.69, 9.17) is 5.11 Å². The van der Waals surface area contributed by atoms with Crippen LogP contribution in [0.25, 0.3) is 0 Å².